The average Bonchev–Trinajstić information content (AvgIpc) is 2.54. The molecule has 70 valence electrons. The van der Waals surface area contributed by atoms with Crippen LogP contribution in [0.5, 0.6) is 0 Å². The van der Waals surface area contributed by atoms with Crippen molar-refractivity contribution in [2.45, 2.75) is 6.92 Å². The summed E-state index contributed by atoms with van der Waals surface area (Å²) < 4.78 is 5.67. The van der Waals surface area contributed by atoms with E-state index in [1.807, 2.05) is 30.4 Å². The zero-order valence-electron chi connectivity index (χ0n) is 8.16. The maximum absolute atomic E-state index is 5.67. The van der Waals surface area contributed by atoms with Crippen LogP contribution in [0, 0.1) is 6.92 Å². The Bertz CT molecular complexity index is 489. The minimum Gasteiger partial charge on any atom is -0.456 e. The topological polar surface area (TPSA) is 13.1 Å². The predicted octanol–water partition coefficient (Wildman–Crippen LogP) is 3.94. The molecule has 0 saturated heterocycles. The first kappa shape index (κ1) is 8.82. The Morgan fingerprint density at radius 3 is 2.79 bits per heavy atom. The number of rotatable bonds is 2. The van der Waals surface area contributed by atoms with Crippen molar-refractivity contribution in [2.75, 3.05) is 0 Å². The standard InChI is InChI=1S/C13H12O/c1-3-4-8-12-10(2)11-7-5-6-9-13(11)14-12/h3-9H,1H2,2H3/b8-4-. The van der Waals surface area contributed by atoms with Crippen LogP contribution >= 0.6 is 0 Å². The molecule has 2 rings (SSSR count). The van der Waals surface area contributed by atoms with Crippen molar-refractivity contribution < 1.29 is 4.42 Å². The van der Waals surface area contributed by atoms with E-state index < -0.39 is 0 Å². The molecular weight excluding hydrogens is 172 g/mol. The van der Waals surface area contributed by atoms with Gasteiger partial charge >= 0.3 is 0 Å². The molecule has 2 aromatic rings. The third kappa shape index (κ3) is 1.37. The van der Waals surface area contributed by atoms with Gasteiger partial charge in [0.15, 0.2) is 0 Å². The minimum atomic E-state index is 0.908. The first-order chi connectivity index (χ1) is 6.83. The summed E-state index contributed by atoms with van der Waals surface area (Å²) in [4.78, 5) is 0. The van der Waals surface area contributed by atoms with E-state index in [2.05, 4.69) is 19.6 Å². The monoisotopic (exact) mass is 184 g/mol. The molecule has 0 amide bonds. The molecule has 0 bridgehead atoms. The van der Waals surface area contributed by atoms with Crippen LogP contribution in [0.2, 0.25) is 0 Å². The number of hydrogen-bond acceptors (Lipinski definition) is 1. The summed E-state index contributed by atoms with van der Waals surface area (Å²) in [5.41, 5.74) is 2.12. The molecule has 0 aliphatic heterocycles. The summed E-state index contributed by atoms with van der Waals surface area (Å²) in [6.45, 7) is 5.69. The Morgan fingerprint density at radius 2 is 2.07 bits per heavy atom. The summed E-state index contributed by atoms with van der Waals surface area (Å²) in [6.07, 6.45) is 5.56. The SMILES string of the molecule is C=C/C=C\c1oc2ccccc2c1C. The molecule has 0 spiro atoms. The highest BCUT2D eigenvalue weighted by atomic mass is 16.3. The van der Waals surface area contributed by atoms with Crippen LogP contribution in [0.3, 0.4) is 0 Å². The maximum Gasteiger partial charge on any atom is 0.135 e. The normalized spacial score (nSPS) is 11.2. The molecule has 0 aliphatic carbocycles. The Morgan fingerprint density at radius 1 is 1.29 bits per heavy atom. The van der Waals surface area contributed by atoms with Crippen LogP contribution in [0.4, 0.5) is 0 Å². The highest BCUT2D eigenvalue weighted by molar-refractivity contribution is 5.84. The molecule has 1 nitrogen and oxygen atoms in total. The van der Waals surface area contributed by atoms with Gasteiger partial charge in [-0.25, -0.2) is 0 Å². The quantitative estimate of drug-likeness (QED) is 0.644. The van der Waals surface area contributed by atoms with Crippen molar-refractivity contribution in [2.24, 2.45) is 0 Å². The molecule has 1 heteroatoms. The lowest BCUT2D eigenvalue weighted by molar-refractivity contribution is 0.601. The second-order valence-corrected chi connectivity index (χ2v) is 3.18. The Kier molecular flexibility index (Phi) is 2.23. The van der Waals surface area contributed by atoms with Gasteiger partial charge in [-0.15, -0.1) is 0 Å². The smallest absolute Gasteiger partial charge is 0.135 e. The van der Waals surface area contributed by atoms with E-state index in [0.29, 0.717) is 0 Å². The molecule has 0 aliphatic rings. The van der Waals surface area contributed by atoms with Crippen LogP contribution in [-0.2, 0) is 0 Å². The molecule has 0 N–H and O–H groups in total. The van der Waals surface area contributed by atoms with Crippen molar-refractivity contribution in [1.82, 2.24) is 0 Å². The van der Waals surface area contributed by atoms with Crippen LogP contribution in [0.1, 0.15) is 11.3 Å². The largest absolute Gasteiger partial charge is 0.456 e. The van der Waals surface area contributed by atoms with Gasteiger partial charge < -0.3 is 4.42 Å². The molecule has 0 fully saturated rings. The molecule has 0 unspecified atom stereocenters. The third-order valence-corrected chi connectivity index (χ3v) is 2.26. The number of furan rings is 1. The summed E-state index contributed by atoms with van der Waals surface area (Å²) >= 11 is 0. The Labute approximate surface area is 83.4 Å². The van der Waals surface area contributed by atoms with E-state index in [-0.39, 0.29) is 0 Å². The van der Waals surface area contributed by atoms with Gasteiger partial charge in [0.1, 0.15) is 11.3 Å². The van der Waals surface area contributed by atoms with Crippen molar-refractivity contribution in [3.05, 3.63) is 54.3 Å². The fourth-order valence-electron chi connectivity index (χ4n) is 1.51. The fourth-order valence-corrected chi connectivity index (χ4v) is 1.51. The molecule has 0 saturated carbocycles. The third-order valence-electron chi connectivity index (χ3n) is 2.26. The van der Waals surface area contributed by atoms with E-state index in [0.717, 1.165) is 11.3 Å². The highest BCUT2D eigenvalue weighted by Crippen LogP contribution is 2.25. The first-order valence-corrected chi connectivity index (χ1v) is 4.60. The van der Waals surface area contributed by atoms with Crippen molar-refractivity contribution >= 4 is 17.0 Å². The fraction of sp³-hybridized carbons (Fsp3) is 0.0769. The number of para-hydroxylation sites is 1. The van der Waals surface area contributed by atoms with E-state index in [1.165, 1.54) is 10.9 Å². The minimum absolute atomic E-state index is 0.908. The van der Waals surface area contributed by atoms with Gasteiger partial charge in [0.25, 0.3) is 0 Å². The second kappa shape index (κ2) is 3.54. The van der Waals surface area contributed by atoms with Gasteiger partial charge in [0.2, 0.25) is 0 Å². The predicted molar refractivity (Wildman–Crippen MR) is 60.2 cm³/mol. The van der Waals surface area contributed by atoms with Crippen LogP contribution in [0.25, 0.3) is 17.0 Å². The molecular formula is C13H12O. The maximum atomic E-state index is 5.67. The van der Waals surface area contributed by atoms with Gasteiger partial charge in [0.05, 0.1) is 0 Å². The van der Waals surface area contributed by atoms with E-state index in [1.54, 1.807) is 6.08 Å². The summed E-state index contributed by atoms with van der Waals surface area (Å²) in [7, 11) is 0. The molecule has 1 aromatic carbocycles. The van der Waals surface area contributed by atoms with Gasteiger partial charge in [-0.1, -0.05) is 36.9 Å². The van der Waals surface area contributed by atoms with Gasteiger partial charge in [-0.05, 0) is 19.1 Å². The average molecular weight is 184 g/mol. The second-order valence-electron chi connectivity index (χ2n) is 3.18. The van der Waals surface area contributed by atoms with E-state index >= 15 is 0 Å². The number of benzene rings is 1. The highest BCUT2D eigenvalue weighted by Gasteiger charge is 2.05. The zero-order chi connectivity index (χ0) is 9.97. The lowest BCUT2D eigenvalue weighted by Crippen LogP contribution is -1.70. The summed E-state index contributed by atoms with van der Waals surface area (Å²) in [5.74, 6) is 0.908. The van der Waals surface area contributed by atoms with Crippen molar-refractivity contribution in [3.8, 4) is 0 Å². The number of hydrogen-bond donors (Lipinski definition) is 0. The van der Waals surface area contributed by atoms with E-state index in [4.69, 9.17) is 4.42 Å². The van der Waals surface area contributed by atoms with Crippen LogP contribution in [-0.4, -0.2) is 0 Å². The molecule has 0 radical (unpaired) electrons. The van der Waals surface area contributed by atoms with Gasteiger partial charge in [-0.2, -0.15) is 0 Å². The van der Waals surface area contributed by atoms with Crippen molar-refractivity contribution in [1.29, 1.82) is 0 Å². The lowest BCUT2D eigenvalue weighted by atomic mass is 10.1. The number of fused-ring (bicyclic) bond motifs is 1. The lowest BCUT2D eigenvalue weighted by Gasteiger charge is -1.86. The molecule has 0 atom stereocenters. The summed E-state index contributed by atoms with van der Waals surface area (Å²) in [5, 5.41) is 1.18. The van der Waals surface area contributed by atoms with Crippen LogP contribution < -0.4 is 0 Å². The first-order valence-electron chi connectivity index (χ1n) is 4.60. The summed E-state index contributed by atoms with van der Waals surface area (Å²) in [6, 6.07) is 8.05. The van der Waals surface area contributed by atoms with Crippen molar-refractivity contribution in [3.63, 3.8) is 0 Å². The molecule has 1 aromatic heterocycles. The van der Waals surface area contributed by atoms with Gasteiger partial charge in [-0.3, -0.25) is 0 Å². The Balaban J connectivity index is 2.62. The number of aryl methyl sites for hydroxylation is 1. The zero-order valence-corrected chi connectivity index (χ0v) is 8.16. The molecule has 14 heavy (non-hydrogen) atoms. The van der Waals surface area contributed by atoms with Gasteiger partial charge in [0, 0.05) is 10.9 Å². The van der Waals surface area contributed by atoms with Crippen LogP contribution in [0.15, 0.2) is 47.4 Å². The number of allylic oxidation sites excluding steroid dienone is 2. The Hall–Kier alpha value is -1.76. The molecule has 1 heterocycles. The van der Waals surface area contributed by atoms with E-state index in [9.17, 15) is 0 Å².